The van der Waals surface area contributed by atoms with E-state index in [9.17, 15) is 4.79 Å². The number of carbonyl (C=O) groups is 1. The van der Waals surface area contributed by atoms with E-state index in [4.69, 9.17) is 5.10 Å². The highest BCUT2D eigenvalue weighted by Crippen LogP contribution is 2.28. The Morgan fingerprint density at radius 3 is 2.56 bits per heavy atom. The van der Waals surface area contributed by atoms with Crippen LogP contribution >= 0.6 is 11.3 Å². The summed E-state index contributed by atoms with van der Waals surface area (Å²) in [6.07, 6.45) is 0. The molecule has 1 amide bonds. The van der Waals surface area contributed by atoms with E-state index in [1.165, 1.54) is 16.9 Å². The topological polar surface area (TPSA) is 50.0 Å². The molecule has 6 heteroatoms. The second kappa shape index (κ2) is 6.96. The zero-order valence-electron chi connectivity index (χ0n) is 15.5. The minimum Gasteiger partial charge on any atom is -0.309 e. The summed E-state index contributed by atoms with van der Waals surface area (Å²) in [6.45, 7) is 4.71. The van der Waals surface area contributed by atoms with E-state index in [1.807, 2.05) is 36.6 Å². The van der Waals surface area contributed by atoms with Crippen LogP contribution in [0.5, 0.6) is 0 Å². The molecule has 0 radical (unpaired) electrons. The normalized spacial score (nSPS) is 15.7. The van der Waals surface area contributed by atoms with Gasteiger partial charge in [-0.1, -0.05) is 48.0 Å². The van der Waals surface area contributed by atoms with Crippen LogP contribution < -0.4 is 9.70 Å². The fourth-order valence-electron chi connectivity index (χ4n) is 3.11. The molecule has 3 aromatic rings. The third kappa shape index (κ3) is 3.02. The van der Waals surface area contributed by atoms with E-state index in [0.29, 0.717) is 12.3 Å². The molecule has 0 fully saturated rings. The molecule has 2 heterocycles. The average Bonchev–Trinajstić information content (AvgIpc) is 3.18. The van der Waals surface area contributed by atoms with E-state index < -0.39 is 0 Å². The van der Waals surface area contributed by atoms with E-state index in [-0.39, 0.29) is 5.91 Å². The standard InChI is InChI=1S/C21H20N4OS/c1-4-22-21-25(18(13-27-21)15-11-9-14(2)10-12-15)23-19-16-7-5-6-8-17(16)24(3)20(19)26/h5-13H,4H2,1-3H3. The van der Waals surface area contributed by atoms with Gasteiger partial charge in [-0.25, -0.2) is 4.68 Å². The van der Waals surface area contributed by atoms with Crippen molar-refractivity contribution in [1.29, 1.82) is 0 Å². The summed E-state index contributed by atoms with van der Waals surface area (Å²) in [5.41, 5.74) is 5.35. The van der Waals surface area contributed by atoms with Gasteiger partial charge in [-0.05, 0) is 19.9 Å². The Labute approximate surface area is 161 Å². The predicted octanol–water partition coefficient (Wildman–Crippen LogP) is 3.67. The van der Waals surface area contributed by atoms with Crippen molar-refractivity contribution in [2.75, 3.05) is 18.5 Å². The third-order valence-corrected chi connectivity index (χ3v) is 5.41. The molecule has 1 aliphatic heterocycles. The van der Waals surface area contributed by atoms with Crippen molar-refractivity contribution < 1.29 is 4.79 Å². The Hall–Kier alpha value is -2.99. The van der Waals surface area contributed by atoms with Gasteiger partial charge in [0, 0.05) is 30.1 Å². The molecule has 0 saturated heterocycles. The number of rotatable bonds is 3. The summed E-state index contributed by atoms with van der Waals surface area (Å²) >= 11 is 1.53. The number of amides is 1. The molecule has 136 valence electrons. The lowest BCUT2D eigenvalue weighted by molar-refractivity contribution is -0.112. The number of para-hydroxylation sites is 1. The maximum Gasteiger partial charge on any atom is 0.279 e. The van der Waals surface area contributed by atoms with Crippen molar-refractivity contribution in [2.45, 2.75) is 13.8 Å². The van der Waals surface area contributed by atoms with Gasteiger partial charge in [0.25, 0.3) is 5.91 Å². The molecular formula is C21H20N4OS. The quantitative estimate of drug-likeness (QED) is 0.688. The molecule has 0 unspecified atom stereocenters. The maximum atomic E-state index is 12.8. The van der Waals surface area contributed by atoms with Crippen LogP contribution in [0.3, 0.4) is 0 Å². The number of fused-ring (bicyclic) bond motifs is 1. The van der Waals surface area contributed by atoms with Crippen molar-refractivity contribution >= 4 is 28.6 Å². The summed E-state index contributed by atoms with van der Waals surface area (Å²) in [7, 11) is 1.78. The molecule has 0 atom stereocenters. The van der Waals surface area contributed by atoms with Gasteiger partial charge < -0.3 is 4.90 Å². The van der Waals surface area contributed by atoms with E-state index >= 15 is 0 Å². The summed E-state index contributed by atoms with van der Waals surface area (Å²) in [6, 6.07) is 16.0. The zero-order chi connectivity index (χ0) is 19.0. The minimum absolute atomic E-state index is 0.104. The fraction of sp³-hybridized carbons (Fsp3) is 0.190. The van der Waals surface area contributed by atoms with Gasteiger partial charge in [0.15, 0.2) is 5.71 Å². The molecule has 27 heavy (non-hydrogen) atoms. The number of anilines is 1. The molecule has 1 aromatic heterocycles. The first-order valence-corrected chi connectivity index (χ1v) is 9.72. The van der Waals surface area contributed by atoms with Crippen LogP contribution in [0.1, 0.15) is 18.1 Å². The number of carbonyl (C=O) groups excluding carboxylic acids is 1. The van der Waals surface area contributed by atoms with Crippen LogP contribution in [0, 0.1) is 6.92 Å². The third-order valence-electron chi connectivity index (χ3n) is 4.55. The second-order valence-corrected chi connectivity index (χ2v) is 7.22. The van der Waals surface area contributed by atoms with Gasteiger partial charge in [0.1, 0.15) is 0 Å². The van der Waals surface area contributed by atoms with Crippen LogP contribution in [-0.2, 0) is 4.79 Å². The van der Waals surface area contributed by atoms with E-state index in [1.54, 1.807) is 16.6 Å². The van der Waals surface area contributed by atoms with Crippen LogP contribution in [-0.4, -0.2) is 29.9 Å². The molecular weight excluding hydrogens is 356 g/mol. The molecule has 4 rings (SSSR count). The monoisotopic (exact) mass is 376 g/mol. The number of benzene rings is 2. The van der Waals surface area contributed by atoms with E-state index in [2.05, 4.69) is 36.2 Å². The molecule has 0 spiro atoms. The lowest BCUT2D eigenvalue weighted by atomic mass is 10.1. The number of likely N-dealkylation sites (N-methyl/N-ethyl adjacent to an activating group) is 1. The minimum atomic E-state index is -0.104. The highest BCUT2D eigenvalue weighted by molar-refractivity contribution is 7.07. The summed E-state index contributed by atoms with van der Waals surface area (Å²) in [4.78, 5) is 19.8. The molecule has 1 aliphatic rings. The van der Waals surface area contributed by atoms with Gasteiger partial charge in [0.05, 0.1) is 11.4 Å². The fourth-order valence-corrected chi connectivity index (χ4v) is 4.00. The molecule has 0 saturated carbocycles. The lowest BCUT2D eigenvalue weighted by Crippen LogP contribution is -2.27. The van der Waals surface area contributed by atoms with E-state index in [0.717, 1.165) is 27.3 Å². The van der Waals surface area contributed by atoms with Gasteiger partial charge in [-0.3, -0.25) is 9.79 Å². The molecule has 0 aliphatic carbocycles. The first-order valence-electron chi connectivity index (χ1n) is 8.84. The van der Waals surface area contributed by atoms with Gasteiger partial charge in [-0.2, -0.15) is 5.10 Å². The van der Waals surface area contributed by atoms with Crippen molar-refractivity contribution in [3.05, 3.63) is 69.8 Å². The second-order valence-electron chi connectivity index (χ2n) is 6.39. The summed E-state index contributed by atoms with van der Waals surface area (Å²) in [5, 5.41) is 6.81. The summed E-state index contributed by atoms with van der Waals surface area (Å²) < 4.78 is 1.79. The number of nitrogens with zero attached hydrogens (tertiary/aromatic N) is 4. The smallest absolute Gasteiger partial charge is 0.279 e. The van der Waals surface area contributed by atoms with Gasteiger partial charge >= 0.3 is 0 Å². The molecule has 0 N–H and O–H groups in total. The first-order chi connectivity index (χ1) is 13.1. The number of hydrogen-bond acceptors (Lipinski definition) is 4. The van der Waals surface area contributed by atoms with Gasteiger partial charge in [0.2, 0.25) is 4.80 Å². The molecule has 5 nitrogen and oxygen atoms in total. The van der Waals surface area contributed by atoms with Crippen molar-refractivity contribution in [2.24, 2.45) is 10.1 Å². The predicted molar refractivity (Wildman–Crippen MR) is 110 cm³/mol. The van der Waals surface area contributed by atoms with Crippen LogP contribution in [0.2, 0.25) is 0 Å². The van der Waals surface area contributed by atoms with Crippen molar-refractivity contribution in [3.63, 3.8) is 0 Å². The Morgan fingerprint density at radius 2 is 1.81 bits per heavy atom. The van der Waals surface area contributed by atoms with Crippen LogP contribution in [0.25, 0.3) is 11.3 Å². The largest absolute Gasteiger partial charge is 0.309 e. The Balaban J connectivity index is 1.93. The Kier molecular flexibility index (Phi) is 4.49. The van der Waals surface area contributed by atoms with Crippen LogP contribution in [0.4, 0.5) is 5.69 Å². The van der Waals surface area contributed by atoms with Gasteiger partial charge in [-0.15, -0.1) is 11.3 Å². The number of aromatic nitrogens is 1. The summed E-state index contributed by atoms with van der Waals surface area (Å²) in [5.74, 6) is -0.104. The Bertz CT molecular complexity index is 1110. The number of thiazole rings is 1. The van der Waals surface area contributed by atoms with Crippen LogP contribution in [0.15, 0.2) is 64.0 Å². The van der Waals surface area contributed by atoms with Crippen molar-refractivity contribution in [1.82, 2.24) is 4.68 Å². The number of aryl methyl sites for hydroxylation is 1. The first kappa shape index (κ1) is 17.4. The Morgan fingerprint density at radius 1 is 1.07 bits per heavy atom. The highest BCUT2D eigenvalue weighted by atomic mass is 32.1. The lowest BCUT2D eigenvalue weighted by Gasteiger charge is -2.08. The zero-order valence-corrected chi connectivity index (χ0v) is 16.3. The molecule has 2 aromatic carbocycles. The number of hydrogen-bond donors (Lipinski definition) is 0. The average molecular weight is 376 g/mol. The maximum absolute atomic E-state index is 12.8. The SMILES string of the molecule is CCN=c1scc(-c2ccc(C)cc2)n1N=C1C(=O)N(C)c2ccccc21. The van der Waals surface area contributed by atoms with Crippen molar-refractivity contribution in [3.8, 4) is 11.3 Å². The highest BCUT2D eigenvalue weighted by Gasteiger charge is 2.31. The molecule has 0 bridgehead atoms.